The molecule has 1 atom stereocenters. The van der Waals surface area contributed by atoms with Crippen molar-refractivity contribution in [2.75, 3.05) is 0 Å². The van der Waals surface area contributed by atoms with Gasteiger partial charge in [-0.3, -0.25) is 9.97 Å². The van der Waals surface area contributed by atoms with E-state index in [0.717, 1.165) is 11.8 Å². The highest BCUT2D eigenvalue weighted by Crippen LogP contribution is 2.21. The fourth-order valence-corrected chi connectivity index (χ4v) is 1.61. The van der Waals surface area contributed by atoms with Gasteiger partial charge < -0.3 is 5.73 Å². The van der Waals surface area contributed by atoms with Crippen LogP contribution in [0.25, 0.3) is 0 Å². The largest absolute Gasteiger partial charge is 0.319 e. The molecule has 0 aromatic carbocycles. The number of hydrogen-bond acceptors (Lipinski definition) is 3. The molecule has 0 aliphatic heterocycles. The van der Waals surface area contributed by atoms with E-state index in [9.17, 15) is 4.39 Å². The highest BCUT2D eigenvalue weighted by molar-refractivity contribution is 5.31. The molecule has 82 valence electrons. The van der Waals surface area contributed by atoms with Gasteiger partial charge in [-0.15, -0.1) is 0 Å². The van der Waals surface area contributed by atoms with Crippen molar-refractivity contribution in [1.82, 2.24) is 9.97 Å². The standard InChI is InChI=1S/C12H12FN3/c1-8-3-2-5-16-12(8)11(14)9-4-6-15-7-10(9)13/h2-7,11H,14H2,1H3. The van der Waals surface area contributed by atoms with E-state index in [1.165, 1.54) is 6.20 Å². The first-order valence-electron chi connectivity index (χ1n) is 4.96. The van der Waals surface area contributed by atoms with E-state index in [1.54, 1.807) is 12.3 Å². The molecule has 0 saturated heterocycles. The van der Waals surface area contributed by atoms with Crippen molar-refractivity contribution in [1.29, 1.82) is 0 Å². The number of hydrogen-bond donors (Lipinski definition) is 1. The predicted molar refractivity (Wildman–Crippen MR) is 59.2 cm³/mol. The van der Waals surface area contributed by atoms with Crippen LogP contribution in [0.1, 0.15) is 22.9 Å². The van der Waals surface area contributed by atoms with Crippen molar-refractivity contribution in [3.63, 3.8) is 0 Å². The Morgan fingerprint density at radius 3 is 2.81 bits per heavy atom. The van der Waals surface area contributed by atoms with E-state index >= 15 is 0 Å². The topological polar surface area (TPSA) is 51.8 Å². The summed E-state index contributed by atoms with van der Waals surface area (Å²) in [6.45, 7) is 1.90. The first-order valence-corrected chi connectivity index (χ1v) is 4.96. The van der Waals surface area contributed by atoms with Gasteiger partial charge in [-0.1, -0.05) is 6.07 Å². The summed E-state index contributed by atoms with van der Waals surface area (Å²) in [4.78, 5) is 7.88. The third kappa shape index (κ3) is 1.92. The van der Waals surface area contributed by atoms with Gasteiger partial charge in [-0.25, -0.2) is 4.39 Å². The Morgan fingerprint density at radius 1 is 1.31 bits per heavy atom. The molecular formula is C12H12FN3. The molecule has 0 aliphatic rings. The average molecular weight is 217 g/mol. The second-order valence-electron chi connectivity index (χ2n) is 3.58. The molecular weight excluding hydrogens is 205 g/mol. The minimum Gasteiger partial charge on any atom is -0.319 e. The summed E-state index contributed by atoms with van der Waals surface area (Å²) in [7, 11) is 0. The average Bonchev–Trinajstić information content (AvgIpc) is 2.29. The Hall–Kier alpha value is -1.81. The van der Waals surface area contributed by atoms with Crippen LogP contribution in [0.3, 0.4) is 0 Å². The van der Waals surface area contributed by atoms with Crippen molar-refractivity contribution in [3.8, 4) is 0 Å². The van der Waals surface area contributed by atoms with E-state index in [-0.39, 0.29) is 0 Å². The van der Waals surface area contributed by atoms with Gasteiger partial charge in [-0.05, 0) is 24.6 Å². The van der Waals surface area contributed by atoms with Crippen molar-refractivity contribution in [2.24, 2.45) is 5.73 Å². The van der Waals surface area contributed by atoms with E-state index in [2.05, 4.69) is 9.97 Å². The predicted octanol–water partition coefficient (Wildman–Crippen LogP) is 1.97. The molecule has 2 rings (SSSR count). The molecule has 0 fully saturated rings. The molecule has 2 aromatic heterocycles. The molecule has 0 spiro atoms. The van der Waals surface area contributed by atoms with Crippen LogP contribution < -0.4 is 5.73 Å². The number of halogens is 1. The van der Waals surface area contributed by atoms with Crippen LogP contribution in [0.2, 0.25) is 0 Å². The van der Waals surface area contributed by atoms with Crippen LogP contribution in [0.4, 0.5) is 4.39 Å². The zero-order valence-electron chi connectivity index (χ0n) is 8.89. The van der Waals surface area contributed by atoms with Gasteiger partial charge in [0.15, 0.2) is 0 Å². The van der Waals surface area contributed by atoms with Crippen LogP contribution in [0.5, 0.6) is 0 Å². The molecule has 0 bridgehead atoms. The van der Waals surface area contributed by atoms with Crippen LogP contribution in [0, 0.1) is 12.7 Å². The summed E-state index contributed by atoms with van der Waals surface area (Å²) in [5.41, 5.74) is 8.04. The van der Waals surface area contributed by atoms with Crippen molar-refractivity contribution in [3.05, 3.63) is 59.4 Å². The molecule has 2 N–H and O–H groups in total. The lowest BCUT2D eigenvalue weighted by atomic mass is 10.0. The van der Waals surface area contributed by atoms with E-state index < -0.39 is 11.9 Å². The summed E-state index contributed by atoms with van der Waals surface area (Å²) >= 11 is 0. The van der Waals surface area contributed by atoms with Crippen LogP contribution >= 0.6 is 0 Å². The molecule has 1 unspecified atom stereocenters. The molecule has 16 heavy (non-hydrogen) atoms. The molecule has 0 saturated carbocycles. The lowest BCUT2D eigenvalue weighted by Gasteiger charge is -2.13. The fraction of sp³-hybridized carbons (Fsp3) is 0.167. The quantitative estimate of drug-likeness (QED) is 0.836. The molecule has 0 aliphatic carbocycles. The lowest BCUT2D eigenvalue weighted by molar-refractivity contribution is 0.590. The second kappa shape index (κ2) is 4.37. The zero-order chi connectivity index (χ0) is 11.5. The van der Waals surface area contributed by atoms with Gasteiger partial charge in [0, 0.05) is 18.0 Å². The molecule has 0 radical (unpaired) electrons. The van der Waals surface area contributed by atoms with Gasteiger partial charge in [0.1, 0.15) is 5.82 Å². The zero-order valence-corrected chi connectivity index (χ0v) is 8.89. The maximum atomic E-state index is 13.5. The third-order valence-electron chi connectivity index (χ3n) is 2.48. The summed E-state index contributed by atoms with van der Waals surface area (Å²) in [5.74, 6) is -0.403. The molecule has 2 heterocycles. The van der Waals surface area contributed by atoms with Crippen molar-refractivity contribution in [2.45, 2.75) is 13.0 Å². The number of pyridine rings is 2. The Kier molecular flexibility index (Phi) is 2.92. The van der Waals surface area contributed by atoms with Crippen LogP contribution in [-0.4, -0.2) is 9.97 Å². The monoisotopic (exact) mass is 217 g/mol. The SMILES string of the molecule is Cc1cccnc1C(N)c1ccncc1F. The van der Waals surface area contributed by atoms with E-state index in [1.807, 2.05) is 19.1 Å². The van der Waals surface area contributed by atoms with Gasteiger partial charge in [0.25, 0.3) is 0 Å². The normalized spacial score (nSPS) is 12.4. The van der Waals surface area contributed by atoms with Gasteiger partial charge in [0.05, 0.1) is 17.9 Å². The fourth-order valence-electron chi connectivity index (χ4n) is 1.61. The first kappa shape index (κ1) is 10.7. The van der Waals surface area contributed by atoms with E-state index in [0.29, 0.717) is 11.3 Å². The Labute approximate surface area is 93.2 Å². The number of aryl methyl sites for hydroxylation is 1. The number of aromatic nitrogens is 2. The lowest BCUT2D eigenvalue weighted by Crippen LogP contribution is -2.16. The first-order chi connectivity index (χ1) is 7.70. The van der Waals surface area contributed by atoms with Crippen LogP contribution in [-0.2, 0) is 0 Å². The highest BCUT2D eigenvalue weighted by atomic mass is 19.1. The summed E-state index contributed by atoms with van der Waals surface area (Å²) in [6.07, 6.45) is 4.34. The summed E-state index contributed by atoms with van der Waals surface area (Å²) in [5, 5.41) is 0. The minimum atomic E-state index is -0.552. The number of nitrogens with zero attached hydrogens (tertiary/aromatic N) is 2. The minimum absolute atomic E-state index is 0.403. The van der Waals surface area contributed by atoms with Crippen molar-refractivity contribution >= 4 is 0 Å². The molecule has 4 heteroatoms. The van der Waals surface area contributed by atoms with Crippen molar-refractivity contribution < 1.29 is 4.39 Å². The Bertz CT molecular complexity index is 454. The third-order valence-corrected chi connectivity index (χ3v) is 2.48. The summed E-state index contributed by atoms with van der Waals surface area (Å²) < 4.78 is 13.5. The Balaban J connectivity index is 2.44. The van der Waals surface area contributed by atoms with Crippen LogP contribution in [0.15, 0.2) is 36.8 Å². The molecule has 2 aromatic rings. The molecule has 0 amide bonds. The van der Waals surface area contributed by atoms with E-state index in [4.69, 9.17) is 5.73 Å². The molecule has 3 nitrogen and oxygen atoms in total. The van der Waals surface area contributed by atoms with Gasteiger partial charge in [0.2, 0.25) is 0 Å². The van der Waals surface area contributed by atoms with Gasteiger partial charge in [-0.2, -0.15) is 0 Å². The summed E-state index contributed by atoms with van der Waals surface area (Å²) in [6, 6.07) is 4.76. The second-order valence-corrected chi connectivity index (χ2v) is 3.58. The van der Waals surface area contributed by atoms with Gasteiger partial charge >= 0.3 is 0 Å². The Morgan fingerprint density at radius 2 is 2.12 bits per heavy atom. The highest BCUT2D eigenvalue weighted by Gasteiger charge is 2.16. The number of rotatable bonds is 2. The maximum absolute atomic E-state index is 13.5. The smallest absolute Gasteiger partial charge is 0.146 e. The maximum Gasteiger partial charge on any atom is 0.146 e. The number of nitrogens with two attached hydrogens (primary N) is 1.